The zero-order chi connectivity index (χ0) is 9.26. The van der Waals surface area contributed by atoms with Crippen LogP contribution in [0.15, 0.2) is 18.2 Å². The summed E-state index contributed by atoms with van der Waals surface area (Å²) in [4.78, 5) is 0. The van der Waals surface area contributed by atoms with Gasteiger partial charge in [-0.3, -0.25) is 0 Å². The van der Waals surface area contributed by atoms with Crippen molar-refractivity contribution in [3.05, 3.63) is 23.8 Å². The fourth-order valence-electron chi connectivity index (χ4n) is 1.71. The molecule has 0 atom stereocenters. The molecular formula is C11H16N2. The van der Waals surface area contributed by atoms with Crippen LogP contribution < -0.4 is 10.6 Å². The van der Waals surface area contributed by atoms with Gasteiger partial charge in [-0.15, -0.1) is 0 Å². The van der Waals surface area contributed by atoms with Crippen LogP contribution >= 0.6 is 0 Å². The molecule has 70 valence electrons. The van der Waals surface area contributed by atoms with E-state index in [0.717, 1.165) is 13.0 Å². The fourth-order valence-corrected chi connectivity index (χ4v) is 1.71. The van der Waals surface area contributed by atoms with E-state index in [-0.39, 0.29) is 0 Å². The summed E-state index contributed by atoms with van der Waals surface area (Å²) < 4.78 is 0. The lowest BCUT2D eigenvalue weighted by molar-refractivity contribution is 0.900. The Hall–Kier alpha value is -1.18. The minimum absolute atomic E-state index is 0.499. The van der Waals surface area contributed by atoms with Gasteiger partial charge in [-0.05, 0) is 38.0 Å². The van der Waals surface area contributed by atoms with Crippen LogP contribution in [0.1, 0.15) is 19.4 Å². The van der Waals surface area contributed by atoms with Crippen LogP contribution in [0.2, 0.25) is 0 Å². The smallest absolute Gasteiger partial charge is 0.0394 e. The molecule has 1 aromatic rings. The Kier molecular flexibility index (Phi) is 2.13. The maximum atomic E-state index is 3.39. The minimum atomic E-state index is 0.499. The summed E-state index contributed by atoms with van der Waals surface area (Å²) in [5, 5.41) is 6.77. The molecule has 0 aromatic heterocycles. The van der Waals surface area contributed by atoms with E-state index in [9.17, 15) is 0 Å². The van der Waals surface area contributed by atoms with E-state index < -0.39 is 0 Å². The van der Waals surface area contributed by atoms with Crippen molar-refractivity contribution < 1.29 is 0 Å². The van der Waals surface area contributed by atoms with E-state index in [2.05, 4.69) is 42.7 Å². The molecule has 0 saturated carbocycles. The van der Waals surface area contributed by atoms with Gasteiger partial charge in [0.15, 0.2) is 0 Å². The van der Waals surface area contributed by atoms with E-state index in [1.807, 2.05) is 0 Å². The molecule has 0 saturated heterocycles. The Labute approximate surface area is 79.4 Å². The molecule has 1 aliphatic rings. The van der Waals surface area contributed by atoms with Crippen molar-refractivity contribution in [1.29, 1.82) is 0 Å². The van der Waals surface area contributed by atoms with Gasteiger partial charge < -0.3 is 10.6 Å². The normalized spacial score (nSPS) is 14.1. The third-order valence-electron chi connectivity index (χ3n) is 2.27. The molecule has 2 rings (SSSR count). The summed E-state index contributed by atoms with van der Waals surface area (Å²) in [5.74, 6) is 0. The van der Waals surface area contributed by atoms with Crippen molar-refractivity contribution in [3.63, 3.8) is 0 Å². The lowest BCUT2D eigenvalue weighted by atomic mass is 10.1. The molecule has 2 N–H and O–H groups in total. The Morgan fingerprint density at radius 1 is 1.38 bits per heavy atom. The number of anilines is 2. The highest BCUT2D eigenvalue weighted by Crippen LogP contribution is 2.25. The molecule has 0 unspecified atom stereocenters. The number of nitrogens with one attached hydrogen (secondary N) is 2. The first-order valence-corrected chi connectivity index (χ1v) is 4.89. The van der Waals surface area contributed by atoms with Gasteiger partial charge >= 0.3 is 0 Å². The molecular weight excluding hydrogens is 160 g/mol. The number of hydrogen-bond donors (Lipinski definition) is 2. The maximum absolute atomic E-state index is 3.39. The first-order valence-electron chi connectivity index (χ1n) is 4.89. The SMILES string of the molecule is CC(C)Nc1ccc2c(c1)NCC2. The van der Waals surface area contributed by atoms with Crippen molar-refractivity contribution in [3.8, 4) is 0 Å². The Morgan fingerprint density at radius 2 is 2.23 bits per heavy atom. The summed E-state index contributed by atoms with van der Waals surface area (Å²) in [5.41, 5.74) is 3.95. The molecule has 1 aliphatic heterocycles. The first kappa shape index (κ1) is 8.42. The summed E-state index contributed by atoms with van der Waals surface area (Å²) >= 11 is 0. The van der Waals surface area contributed by atoms with E-state index >= 15 is 0 Å². The second-order valence-electron chi connectivity index (χ2n) is 3.85. The van der Waals surface area contributed by atoms with Crippen LogP contribution in [0.5, 0.6) is 0 Å². The van der Waals surface area contributed by atoms with Crippen LogP contribution in [0, 0.1) is 0 Å². The lowest BCUT2D eigenvalue weighted by Crippen LogP contribution is -2.09. The predicted octanol–water partition coefficient (Wildman–Crippen LogP) is 2.47. The number of rotatable bonds is 2. The summed E-state index contributed by atoms with van der Waals surface area (Å²) in [6, 6.07) is 7.06. The highest BCUT2D eigenvalue weighted by molar-refractivity contribution is 5.64. The van der Waals surface area contributed by atoms with Gasteiger partial charge in [-0.1, -0.05) is 6.07 Å². The van der Waals surface area contributed by atoms with Gasteiger partial charge in [0, 0.05) is 24.0 Å². The van der Waals surface area contributed by atoms with Gasteiger partial charge in [0.05, 0.1) is 0 Å². The summed E-state index contributed by atoms with van der Waals surface area (Å²) in [6.07, 6.45) is 1.16. The van der Waals surface area contributed by atoms with Crippen LogP contribution in [0.25, 0.3) is 0 Å². The first-order chi connectivity index (χ1) is 6.25. The molecule has 0 amide bonds. The lowest BCUT2D eigenvalue weighted by Gasteiger charge is -2.11. The molecule has 13 heavy (non-hydrogen) atoms. The van der Waals surface area contributed by atoms with Crippen LogP contribution in [-0.2, 0) is 6.42 Å². The number of benzene rings is 1. The van der Waals surface area contributed by atoms with Gasteiger partial charge in [-0.25, -0.2) is 0 Å². The zero-order valence-corrected chi connectivity index (χ0v) is 8.22. The van der Waals surface area contributed by atoms with E-state index in [1.165, 1.54) is 16.9 Å². The zero-order valence-electron chi connectivity index (χ0n) is 8.22. The van der Waals surface area contributed by atoms with Crippen molar-refractivity contribution >= 4 is 11.4 Å². The molecule has 0 spiro atoms. The predicted molar refractivity (Wildman–Crippen MR) is 57.4 cm³/mol. The summed E-state index contributed by atoms with van der Waals surface area (Å²) in [6.45, 7) is 5.39. The second-order valence-corrected chi connectivity index (χ2v) is 3.85. The second kappa shape index (κ2) is 3.29. The molecule has 2 nitrogen and oxygen atoms in total. The van der Waals surface area contributed by atoms with Gasteiger partial charge in [-0.2, -0.15) is 0 Å². The molecule has 0 fully saturated rings. The molecule has 1 heterocycles. The Morgan fingerprint density at radius 3 is 3.00 bits per heavy atom. The minimum Gasteiger partial charge on any atom is -0.384 e. The number of fused-ring (bicyclic) bond motifs is 1. The van der Waals surface area contributed by atoms with Crippen LogP contribution in [0.4, 0.5) is 11.4 Å². The van der Waals surface area contributed by atoms with E-state index in [0.29, 0.717) is 6.04 Å². The third kappa shape index (κ3) is 1.77. The van der Waals surface area contributed by atoms with E-state index in [4.69, 9.17) is 0 Å². The highest BCUT2D eigenvalue weighted by atomic mass is 14.9. The number of hydrogen-bond acceptors (Lipinski definition) is 2. The monoisotopic (exact) mass is 176 g/mol. The third-order valence-corrected chi connectivity index (χ3v) is 2.27. The van der Waals surface area contributed by atoms with E-state index in [1.54, 1.807) is 0 Å². The van der Waals surface area contributed by atoms with Gasteiger partial charge in [0.1, 0.15) is 0 Å². The highest BCUT2D eigenvalue weighted by Gasteiger charge is 2.09. The average Bonchev–Trinajstić information content (AvgIpc) is 2.49. The molecule has 0 aliphatic carbocycles. The summed E-state index contributed by atoms with van der Waals surface area (Å²) in [7, 11) is 0. The van der Waals surface area contributed by atoms with Crippen molar-refractivity contribution in [2.45, 2.75) is 26.3 Å². The molecule has 1 aromatic carbocycles. The standard InChI is InChI=1S/C11H16N2/c1-8(2)13-10-4-3-9-5-6-12-11(9)7-10/h3-4,7-8,12-13H,5-6H2,1-2H3. The average molecular weight is 176 g/mol. The van der Waals surface area contributed by atoms with Crippen LogP contribution in [0.3, 0.4) is 0 Å². The van der Waals surface area contributed by atoms with Crippen molar-refractivity contribution in [2.24, 2.45) is 0 Å². The Bertz CT molecular complexity index is 305. The molecule has 0 radical (unpaired) electrons. The van der Waals surface area contributed by atoms with Gasteiger partial charge in [0.2, 0.25) is 0 Å². The fraction of sp³-hybridized carbons (Fsp3) is 0.455. The van der Waals surface area contributed by atoms with Crippen molar-refractivity contribution in [1.82, 2.24) is 0 Å². The largest absolute Gasteiger partial charge is 0.384 e. The molecule has 0 bridgehead atoms. The molecule has 2 heteroatoms. The topological polar surface area (TPSA) is 24.1 Å². The van der Waals surface area contributed by atoms with Crippen molar-refractivity contribution in [2.75, 3.05) is 17.2 Å². The Balaban J connectivity index is 2.21. The quantitative estimate of drug-likeness (QED) is 0.723. The van der Waals surface area contributed by atoms with Crippen LogP contribution in [-0.4, -0.2) is 12.6 Å². The maximum Gasteiger partial charge on any atom is 0.0394 e. The van der Waals surface area contributed by atoms with Gasteiger partial charge in [0.25, 0.3) is 0 Å².